The van der Waals surface area contributed by atoms with Crippen molar-refractivity contribution >= 4 is 17.5 Å². The first kappa shape index (κ1) is 17.0. The van der Waals surface area contributed by atoms with Crippen molar-refractivity contribution in [3.63, 3.8) is 0 Å². The molecule has 0 atom stereocenters. The Bertz CT molecular complexity index is 496. The lowest BCUT2D eigenvalue weighted by atomic mass is 10.2. The third-order valence-electron chi connectivity index (χ3n) is 2.52. The van der Waals surface area contributed by atoms with Gasteiger partial charge >= 0.3 is 6.18 Å². The monoisotopic (exact) mass is 302 g/mol. The number of alkyl halides is 3. The normalized spacial score (nSPS) is 11.3. The molecule has 0 fully saturated rings. The van der Waals surface area contributed by atoms with Gasteiger partial charge in [-0.25, -0.2) is 0 Å². The molecule has 1 aromatic rings. The lowest BCUT2D eigenvalue weighted by Gasteiger charge is -2.09. The van der Waals surface area contributed by atoms with Gasteiger partial charge in [-0.2, -0.15) is 13.2 Å². The van der Waals surface area contributed by atoms with Crippen molar-refractivity contribution in [3.05, 3.63) is 29.8 Å². The summed E-state index contributed by atoms with van der Waals surface area (Å²) >= 11 is 0. The second-order valence-corrected chi connectivity index (χ2v) is 5.00. The van der Waals surface area contributed by atoms with Crippen molar-refractivity contribution in [1.82, 2.24) is 5.32 Å². The number of carbonyl (C=O) groups is 2. The molecule has 4 nitrogen and oxygen atoms in total. The Labute approximate surface area is 120 Å². The first-order valence-electron chi connectivity index (χ1n) is 6.42. The molecule has 2 N–H and O–H groups in total. The van der Waals surface area contributed by atoms with Crippen LogP contribution < -0.4 is 10.6 Å². The van der Waals surface area contributed by atoms with Gasteiger partial charge in [0.1, 0.15) is 6.42 Å². The molecule has 0 aliphatic carbocycles. The van der Waals surface area contributed by atoms with Crippen molar-refractivity contribution in [2.24, 2.45) is 5.92 Å². The number of amides is 2. The number of carbonyl (C=O) groups excluding carboxylic acids is 2. The molecule has 0 unspecified atom stereocenters. The van der Waals surface area contributed by atoms with Gasteiger partial charge in [-0.15, -0.1) is 0 Å². The van der Waals surface area contributed by atoms with Crippen LogP contribution in [0, 0.1) is 5.92 Å². The summed E-state index contributed by atoms with van der Waals surface area (Å²) in [4.78, 5) is 23.0. The van der Waals surface area contributed by atoms with Gasteiger partial charge in [0.15, 0.2) is 0 Å². The highest BCUT2D eigenvalue weighted by Crippen LogP contribution is 2.29. The molecule has 2 amide bonds. The highest BCUT2D eigenvalue weighted by Gasteiger charge is 2.29. The van der Waals surface area contributed by atoms with E-state index in [0.717, 1.165) is 24.3 Å². The molecule has 21 heavy (non-hydrogen) atoms. The van der Waals surface area contributed by atoms with Crippen molar-refractivity contribution in [1.29, 1.82) is 0 Å². The predicted octanol–water partition coefficient (Wildman–Crippen LogP) is 2.81. The van der Waals surface area contributed by atoms with Crippen LogP contribution in [-0.4, -0.2) is 18.4 Å². The summed E-state index contributed by atoms with van der Waals surface area (Å²) in [6.45, 7) is 4.30. The zero-order valence-electron chi connectivity index (χ0n) is 11.8. The molecule has 0 heterocycles. The summed E-state index contributed by atoms with van der Waals surface area (Å²) in [6, 6.07) is 4.03. The number of rotatable bonds is 5. The fourth-order valence-electron chi connectivity index (χ4n) is 1.47. The Kier molecular flexibility index (Phi) is 5.75. The summed E-state index contributed by atoms with van der Waals surface area (Å²) in [7, 11) is 0. The highest BCUT2D eigenvalue weighted by atomic mass is 19.4. The molecule has 1 aromatic carbocycles. The van der Waals surface area contributed by atoms with E-state index < -0.39 is 23.6 Å². The molecule has 0 spiro atoms. The summed E-state index contributed by atoms with van der Waals surface area (Å²) in [5.41, 5.74) is -0.583. The molecule has 0 aromatic heterocycles. The van der Waals surface area contributed by atoms with Crippen molar-refractivity contribution < 1.29 is 22.8 Å². The Balaban J connectivity index is 2.50. The average molecular weight is 302 g/mol. The Morgan fingerprint density at radius 1 is 1.10 bits per heavy atom. The number of hydrogen-bond acceptors (Lipinski definition) is 2. The van der Waals surface area contributed by atoms with Crippen LogP contribution in [0.25, 0.3) is 0 Å². The minimum atomic E-state index is -4.42. The van der Waals surface area contributed by atoms with E-state index in [9.17, 15) is 22.8 Å². The topological polar surface area (TPSA) is 58.2 Å². The second kappa shape index (κ2) is 7.10. The van der Waals surface area contributed by atoms with Crippen LogP contribution in [0.3, 0.4) is 0 Å². The van der Waals surface area contributed by atoms with E-state index in [1.54, 1.807) is 0 Å². The minimum Gasteiger partial charge on any atom is -0.355 e. The van der Waals surface area contributed by atoms with E-state index in [4.69, 9.17) is 0 Å². The van der Waals surface area contributed by atoms with Gasteiger partial charge < -0.3 is 10.6 Å². The van der Waals surface area contributed by atoms with Gasteiger partial charge in [0, 0.05) is 12.2 Å². The van der Waals surface area contributed by atoms with Crippen LogP contribution in [0.1, 0.15) is 25.8 Å². The number of anilines is 1. The number of hydrogen-bond donors (Lipinski definition) is 2. The maximum atomic E-state index is 12.4. The zero-order chi connectivity index (χ0) is 16.0. The highest BCUT2D eigenvalue weighted by molar-refractivity contribution is 6.03. The van der Waals surface area contributed by atoms with Gasteiger partial charge in [0.05, 0.1) is 5.56 Å². The first-order valence-corrected chi connectivity index (χ1v) is 6.42. The molecular formula is C14H17F3N2O2. The largest absolute Gasteiger partial charge is 0.416 e. The van der Waals surface area contributed by atoms with E-state index in [0.29, 0.717) is 6.54 Å². The summed E-state index contributed by atoms with van der Waals surface area (Å²) in [6.07, 6.45) is -4.78. The summed E-state index contributed by atoms with van der Waals surface area (Å²) < 4.78 is 37.1. The summed E-state index contributed by atoms with van der Waals surface area (Å²) in [5.74, 6) is -0.726. The maximum Gasteiger partial charge on any atom is 0.416 e. The first-order chi connectivity index (χ1) is 9.68. The smallest absolute Gasteiger partial charge is 0.355 e. The van der Waals surface area contributed by atoms with E-state index in [2.05, 4.69) is 10.6 Å². The minimum absolute atomic E-state index is 0.213. The SMILES string of the molecule is CC(C)CNC(=O)CC(=O)Nc1ccc(C(F)(F)F)cc1. The van der Waals surface area contributed by atoms with E-state index >= 15 is 0 Å². The molecule has 0 saturated carbocycles. The lowest BCUT2D eigenvalue weighted by molar-refractivity contribution is -0.137. The van der Waals surface area contributed by atoms with E-state index in [1.807, 2.05) is 13.8 Å². The predicted molar refractivity (Wildman–Crippen MR) is 72.5 cm³/mol. The Morgan fingerprint density at radius 2 is 1.67 bits per heavy atom. The van der Waals surface area contributed by atoms with Gasteiger partial charge in [0.2, 0.25) is 11.8 Å². The maximum absolute atomic E-state index is 12.4. The quantitative estimate of drug-likeness (QED) is 0.822. The second-order valence-electron chi connectivity index (χ2n) is 5.00. The van der Waals surface area contributed by atoms with Crippen LogP contribution in [-0.2, 0) is 15.8 Å². The number of halogens is 3. The molecule has 0 aliphatic heterocycles. The van der Waals surface area contributed by atoms with Crippen LogP contribution in [0.2, 0.25) is 0 Å². The van der Waals surface area contributed by atoms with Crippen molar-refractivity contribution in [3.8, 4) is 0 Å². The molecule has 7 heteroatoms. The average Bonchev–Trinajstić information content (AvgIpc) is 2.35. The zero-order valence-corrected chi connectivity index (χ0v) is 11.8. The molecule has 0 saturated heterocycles. The van der Waals surface area contributed by atoms with Gasteiger partial charge in [0.25, 0.3) is 0 Å². The van der Waals surface area contributed by atoms with E-state index in [1.165, 1.54) is 0 Å². The van der Waals surface area contributed by atoms with Crippen LogP contribution in [0.5, 0.6) is 0 Å². The Morgan fingerprint density at radius 3 is 2.14 bits per heavy atom. The van der Waals surface area contributed by atoms with Gasteiger partial charge in [-0.3, -0.25) is 9.59 Å². The van der Waals surface area contributed by atoms with Crippen molar-refractivity contribution in [2.45, 2.75) is 26.4 Å². The molecule has 0 bridgehead atoms. The number of benzene rings is 1. The molecule has 0 aliphatic rings. The third kappa shape index (κ3) is 6.29. The summed E-state index contributed by atoms with van der Waals surface area (Å²) in [5, 5.41) is 4.95. The van der Waals surface area contributed by atoms with Crippen molar-refractivity contribution in [2.75, 3.05) is 11.9 Å². The van der Waals surface area contributed by atoms with E-state index in [-0.39, 0.29) is 18.0 Å². The standard InChI is InChI=1S/C14H17F3N2O2/c1-9(2)8-18-12(20)7-13(21)19-11-5-3-10(4-6-11)14(15,16)17/h3-6,9H,7-8H2,1-2H3,(H,18,20)(H,19,21). The van der Waals surface area contributed by atoms with Gasteiger partial charge in [-0.1, -0.05) is 13.8 Å². The Hall–Kier alpha value is -2.05. The molecular weight excluding hydrogens is 285 g/mol. The fraction of sp³-hybridized carbons (Fsp3) is 0.429. The van der Waals surface area contributed by atoms with Gasteiger partial charge in [-0.05, 0) is 30.2 Å². The fourth-order valence-corrected chi connectivity index (χ4v) is 1.47. The lowest BCUT2D eigenvalue weighted by Crippen LogP contribution is -2.30. The molecule has 1 rings (SSSR count). The third-order valence-corrected chi connectivity index (χ3v) is 2.52. The number of nitrogens with one attached hydrogen (secondary N) is 2. The molecule has 116 valence electrons. The van der Waals surface area contributed by atoms with Crippen LogP contribution in [0.15, 0.2) is 24.3 Å². The molecule has 0 radical (unpaired) electrons. The van der Waals surface area contributed by atoms with Crippen LogP contribution >= 0.6 is 0 Å². The van der Waals surface area contributed by atoms with Crippen LogP contribution in [0.4, 0.5) is 18.9 Å².